The van der Waals surface area contributed by atoms with Crippen molar-refractivity contribution in [2.75, 3.05) is 5.75 Å². The van der Waals surface area contributed by atoms with Crippen LogP contribution in [-0.4, -0.2) is 20.6 Å². The van der Waals surface area contributed by atoms with E-state index in [1.807, 2.05) is 35.5 Å². The Hall–Kier alpha value is -1.42. The zero-order valence-corrected chi connectivity index (χ0v) is 13.6. The Morgan fingerprint density at radius 1 is 1.20 bits per heavy atom. The Bertz CT molecular complexity index is 594. The molecule has 0 aliphatic rings. The third-order valence-electron chi connectivity index (χ3n) is 3.16. The summed E-state index contributed by atoms with van der Waals surface area (Å²) in [7, 11) is 0. The second-order valence-electron chi connectivity index (χ2n) is 5.82. The van der Waals surface area contributed by atoms with Crippen molar-refractivity contribution in [2.24, 2.45) is 0 Å². The average molecular weight is 290 g/mol. The summed E-state index contributed by atoms with van der Waals surface area (Å²) >= 11 is 1.81. The lowest BCUT2D eigenvalue weighted by atomic mass is 10.1. The van der Waals surface area contributed by atoms with E-state index < -0.39 is 0 Å². The zero-order valence-electron chi connectivity index (χ0n) is 12.8. The number of aromatic nitrogens is 2. The van der Waals surface area contributed by atoms with Gasteiger partial charge in [0.05, 0.1) is 11.2 Å². The number of hydrogen-bond acceptors (Lipinski definition) is 3. The fourth-order valence-electron chi connectivity index (χ4n) is 2.22. The van der Waals surface area contributed by atoms with Crippen molar-refractivity contribution in [1.82, 2.24) is 9.78 Å². The van der Waals surface area contributed by atoms with Gasteiger partial charge in [0.1, 0.15) is 5.69 Å². The third-order valence-corrected chi connectivity index (χ3v) is 4.05. The van der Waals surface area contributed by atoms with Crippen molar-refractivity contribution in [2.45, 2.75) is 45.1 Å². The first-order chi connectivity index (χ1) is 9.34. The smallest absolute Gasteiger partial charge is 0.164 e. The molecule has 0 atom stereocenters. The summed E-state index contributed by atoms with van der Waals surface area (Å²) in [6.45, 7) is 10.3. The fourth-order valence-corrected chi connectivity index (χ4v) is 2.88. The lowest BCUT2D eigenvalue weighted by molar-refractivity contribution is 0.345. The van der Waals surface area contributed by atoms with Gasteiger partial charge in [-0.1, -0.05) is 19.1 Å². The van der Waals surface area contributed by atoms with Crippen LogP contribution in [0.25, 0.3) is 11.3 Å². The van der Waals surface area contributed by atoms with E-state index in [9.17, 15) is 5.11 Å². The van der Waals surface area contributed by atoms with E-state index in [2.05, 4.69) is 44.9 Å². The van der Waals surface area contributed by atoms with E-state index in [0.29, 0.717) is 5.69 Å². The molecule has 1 N–H and O–H groups in total. The van der Waals surface area contributed by atoms with Gasteiger partial charge < -0.3 is 5.11 Å². The third kappa shape index (κ3) is 2.85. The van der Waals surface area contributed by atoms with E-state index in [-0.39, 0.29) is 11.3 Å². The van der Waals surface area contributed by atoms with Gasteiger partial charge in [0, 0.05) is 10.5 Å². The van der Waals surface area contributed by atoms with Crippen LogP contribution in [0, 0.1) is 6.92 Å². The SMILES string of the molecule is CCSc1ccc(-c2nn(C(C)(C)C)c(C)c2O)cc1. The van der Waals surface area contributed by atoms with E-state index in [4.69, 9.17) is 0 Å². The highest BCUT2D eigenvalue weighted by Crippen LogP contribution is 2.34. The first-order valence-corrected chi connectivity index (χ1v) is 7.85. The molecule has 108 valence electrons. The predicted octanol–water partition coefficient (Wildman–Crippen LogP) is 4.43. The molecule has 0 unspecified atom stereocenters. The van der Waals surface area contributed by atoms with E-state index >= 15 is 0 Å². The number of thioether (sulfide) groups is 1. The summed E-state index contributed by atoms with van der Waals surface area (Å²) in [4.78, 5) is 1.24. The van der Waals surface area contributed by atoms with Crippen LogP contribution in [0.15, 0.2) is 29.2 Å². The van der Waals surface area contributed by atoms with Gasteiger partial charge in [0.25, 0.3) is 0 Å². The molecule has 1 aromatic heterocycles. The lowest BCUT2D eigenvalue weighted by Crippen LogP contribution is -2.24. The van der Waals surface area contributed by atoms with Crippen LogP contribution >= 0.6 is 11.8 Å². The maximum Gasteiger partial charge on any atom is 0.164 e. The summed E-state index contributed by atoms with van der Waals surface area (Å²) in [5, 5.41) is 14.9. The summed E-state index contributed by atoms with van der Waals surface area (Å²) < 4.78 is 1.88. The number of nitrogens with zero attached hydrogens (tertiary/aromatic N) is 2. The van der Waals surface area contributed by atoms with Gasteiger partial charge in [-0.2, -0.15) is 5.10 Å². The molecular formula is C16H22N2OS. The molecule has 0 amide bonds. The first kappa shape index (κ1) is 15.0. The van der Waals surface area contributed by atoms with Gasteiger partial charge in [-0.25, -0.2) is 0 Å². The molecule has 0 aliphatic heterocycles. The average Bonchev–Trinajstić information content (AvgIpc) is 2.68. The fraction of sp³-hybridized carbons (Fsp3) is 0.438. The van der Waals surface area contributed by atoms with Crippen molar-refractivity contribution >= 4 is 11.8 Å². The Balaban J connectivity index is 2.43. The van der Waals surface area contributed by atoms with Crippen LogP contribution in [0.5, 0.6) is 5.75 Å². The minimum Gasteiger partial charge on any atom is -0.504 e. The number of hydrogen-bond donors (Lipinski definition) is 1. The van der Waals surface area contributed by atoms with Crippen LogP contribution in [0.3, 0.4) is 0 Å². The Morgan fingerprint density at radius 3 is 2.25 bits per heavy atom. The quantitative estimate of drug-likeness (QED) is 0.850. The maximum absolute atomic E-state index is 10.3. The van der Waals surface area contributed by atoms with Crippen molar-refractivity contribution < 1.29 is 5.11 Å². The molecule has 0 saturated heterocycles. The minimum atomic E-state index is -0.141. The molecule has 2 aromatic rings. The molecule has 0 spiro atoms. The standard InChI is InChI=1S/C16H22N2OS/c1-6-20-13-9-7-12(8-10-13)14-15(19)11(2)18(17-14)16(3,4)5/h7-10,19H,6H2,1-5H3. The van der Waals surface area contributed by atoms with Crippen molar-refractivity contribution in [3.05, 3.63) is 30.0 Å². The first-order valence-electron chi connectivity index (χ1n) is 6.87. The van der Waals surface area contributed by atoms with Crippen LogP contribution in [0.1, 0.15) is 33.4 Å². The molecule has 0 aliphatic carbocycles. The van der Waals surface area contributed by atoms with Gasteiger partial charge in [0.2, 0.25) is 0 Å². The molecule has 0 radical (unpaired) electrons. The second kappa shape index (κ2) is 5.52. The zero-order chi connectivity index (χ0) is 14.9. The molecule has 4 heteroatoms. The van der Waals surface area contributed by atoms with Crippen LogP contribution in [-0.2, 0) is 5.54 Å². The summed E-state index contributed by atoms with van der Waals surface area (Å²) in [5.74, 6) is 1.33. The minimum absolute atomic E-state index is 0.141. The lowest BCUT2D eigenvalue weighted by Gasteiger charge is -2.20. The molecule has 0 fully saturated rings. The van der Waals surface area contributed by atoms with Crippen LogP contribution in [0.4, 0.5) is 0 Å². The number of benzene rings is 1. The largest absolute Gasteiger partial charge is 0.504 e. The van der Waals surface area contributed by atoms with E-state index in [1.165, 1.54) is 4.90 Å². The van der Waals surface area contributed by atoms with Crippen molar-refractivity contribution in [1.29, 1.82) is 0 Å². The molecule has 0 bridgehead atoms. The number of rotatable bonds is 3. The monoisotopic (exact) mass is 290 g/mol. The van der Waals surface area contributed by atoms with Crippen molar-refractivity contribution in [3.63, 3.8) is 0 Å². The highest BCUT2D eigenvalue weighted by atomic mass is 32.2. The van der Waals surface area contributed by atoms with Gasteiger partial charge >= 0.3 is 0 Å². The predicted molar refractivity (Wildman–Crippen MR) is 85.5 cm³/mol. The van der Waals surface area contributed by atoms with Crippen molar-refractivity contribution in [3.8, 4) is 17.0 Å². The highest BCUT2D eigenvalue weighted by molar-refractivity contribution is 7.99. The summed E-state index contributed by atoms with van der Waals surface area (Å²) in [5.41, 5.74) is 2.27. The van der Waals surface area contributed by atoms with E-state index in [0.717, 1.165) is 17.0 Å². The molecule has 3 nitrogen and oxygen atoms in total. The summed E-state index contributed by atoms with van der Waals surface area (Å²) in [6.07, 6.45) is 0. The van der Waals surface area contributed by atoms with Gasteiger partial charge in [0.15, 0.2) is 5.75 Å². The topological polar surface area (TPSA) is 38.0 Å². The maximum atomic E-state index is 10.3. The molecule has 20 heavy (non-hydrogen) atoms. The molecule has 1 heterocycles. The molecule has 0 saturated carbocycles. The second-order valence-corrected chi connectivity index (χ2v) is 7.16. The Morgan fingerprint density at radius 2 is 1.80 bits per heavy atom. The van der Waals surface area contributed by atoms with Gasteiger partial charge in [-0.15, -0.1) is 11.8 Å². The Kier molecular flexibility index (Phi) is 4.14. The molecule has 1 aromatic carbocycles. The highest BCUT2D eigenvalue weighted by Gasteiger charge is 2.22. The van der Waals surface area contributed by atoms with Gasteiger partial charge in [-0.3, -0.25) is 4.68 Å². The van der Waals surface area contributed by atoms with E-state index in [1.54, 1.807) is 0 Å². The summed E-state index contributed by atoms with van der Waals surface area (Å²) in [6, 6.07) is 8.20. The molecular weight excluding hydrogens is 268 g/mol. The van der Waals surface area contributed by atoms with Gasteiger partial charge in [-0.05, 0) is 45.6 Å². The molecule has 2 rings (SSSR count). The Labute approximate surface area is 125 Å². The van der Waals surface area contributed by atoms with Crippen LogP contribution in [0.2, 0.25) is 0 Å². The normalized spacial score (nSPS) is 11.8. The number of aromatic hydroxyl groups is 1. The van der Waals surface area contributed by atoms with Crippen LogP contribution < -0.4 is 0 Å².